The van der Waals surface area contributed by atoms with Crippen molar-refractivity contribution in [3.05, 3.63) is 34.9 Å². The van der Waals surface area contributed by atoms with Crippen molar-refractivity contribution in [2.75, 3.05) is 6.61 Å². The standard InChI is InChI=1S/C14H20N2O/c1-4-14(3,16)10-17-9-13-6-5-12(8-15)7-11(13)2/h5-7H,4,9-10,16H2,1-3H3. The molecule has 0 saturated carbocycles. The Balaban J connectivity index is 2.56. The monoisotopic (exact) mass is 232 g/mol. The lowest BCUT2D eigenvalue weighted by atomic mass is 10.0. The lowest BCUT2D eigenvalue weighted by Crippen LogP contribution is -2.40. The SMILES string of the molecule is CCC(C)(N)COCc1ccc(C#N)cc1C. The van der Waals surface area contributed by atoms with E-state index < -0.39 is 0 Å². The van der Waals surface area contributed by atoms with Crippen LogP contribution in [0.1, 0.15) is 37.0 Å². The van der Waals surface area contributed by atoms with Crippen molar-refractivity contribution >= 4 is 0 Å². The highest BCUT2D eigenvalue weighted by Gasteiger charge is 2.15. The summed E-state index contributed by atoms with van der Waals surface area (Å²) in [6, 6.07) is 7.75. The quantitative estimate of drug-likeness (QED) is 0.848. The number of rotatable bonds is 5. The molecule has 1 unspecified atom stereocenters. The Labute approximate surface area is 103 Å². The van der Waals surface area contributed by atoms with Gasteiger partial charge >= 0.3 is 0 Å². The van der Waals surface area contributed by atoms with Crippen molar-refractivity contribution in [2.45, 2.75) is 39.3 Å². The molecule has 92 valence electrons. The van der Waals surface area contributed by atoms with E-state index in [1.165, 1.54) is 0 Å². The Kier molecular flexibility index (Phi) is 4.68. The summed E-state index contributed by atoms with van der Waals surface area (Å²) in [4.78, 5) is 0. The van der Waals surface area contributed by atoms with Gasteiger partial charge in [0.2, 0.25) is 0 Å². The third kappa shape index (κ3) is 4.18. The maximum Gasteiger partial charge on any atom is 0.0991 e. The van der Waals surface area contributed by atoms with E-state index in [0.29, 0.717) is 18.8 Å². The molecule has 1 atom stereocenters. The largest absolute Gasteiger partial charge is 0.375 e. The van der Waals surface area contributed by atoms with Gasteiger partial charge in [0.05, 0.1) is 24.8 Å². The first-order valence-corrected chi connectivity index (χ1v) is 5.85. The number of nitrogens with zero attached hydrogens (tertiary/aromatic N) is 1. The summed E-state index contributed by atoms with van der Waals surface area (Å²) in [5, 5.41) is 8.77. The Hall–Kier alpha value is -1.37. The molecule has 0 radical (unpaired) electrons. The highest BCUT2D eigenvalue weighted by Crippen LogP contribution is 2.13. The Bertz CT molecular complexity index is 419. The molecule has 3 heteroatoms. The summed E-state index contributed by atoms with van der Waals surface area (Å²) in [6.07, 6.45) is 0.888. The lowest BCUT2D eigenvalue weighted by molar-refractivity contribution is 0.0774. The zero-order chi connectivity index (χ0) is 12.9. The Morgan fingerprint density at radius 2 is 2.18 bits per heavy atom. The maximum atomic E-state index is 8.77. The molecule has 0 aliphatic heterocycles. The summed E-state index contributed by atoms with van der Waals surface area (Å²) in [6.45, 7) is 7.11. The van der Waals surface area contributed by atoms with Crippen LogP contribution in [0.15, 0.2) is 18.2 Å². The fourth-order valence-electron chi connectivity index (χ4n) is 1.42. The van der Waals surface area contributed by atoms with Gasteiger partial charge < -0.3 is 10.5 Å². The molecule has 0 spiro atoms. The van der Waals surface area contributed by atoms with E-state index >= 15 is 0 Å². The third-order valence-corrected chi connectivity index (χ3v) is 2.97. The smallest absolute Gasteiger partial charge is 0.0991 e. The van der Waals surface area contributed by atoms with E-state index in [4.69, 9.17) is 15.7 Å². The van der Waals surface area contributed by atoms with Crippen molar-refractivity contribution in [1.82, 2.24) is 0 Å². The second-order valence-electron chi connectivity index (χ2n) is 4.75. The predicted octanol–water partition coefficient (Wildman–Crippen LogP) is 2.51. The van der Waals surface area contributed by atoms with Gasteiger partial charge in [0, 0.05) is 5.54 Å². The van der Waals surface area contributed by atoms with Gasteiger partial charge in [-0.2, -0.15) is 5.26 Å². The second-order valence-corrected chi connectivity index (χ2v) is 4.75. The molecule has 0 bridgehead atoms. The zero-order valence-corrected chi connectivity index (χ0v) is 10.8. The van der Waals surface area contributed by atoms with Crippen LogP contribution in [0, 0.1) is 18.3 Å². The maximum absolute atomic E-state index is 8.77. The van der Waals surface area contributed by atoms with Crippen LogP contribution >= 0.6 is 0 Å². The summed E-state index contributed by atoms with van der Waals surface area (Å²) < 4.78 is 5.62. The van der Waals surface area contributed by atoms with Crippen LogP contribution < -0.4 is 5.73 Å². The molecule has 0 aliphatic rings. The van der Waals surface area contributed by atoms with Gasteiger partial charge in [-0.25, -0.2) is 0 Å². The number of nitrogens with two attached hydrogens (primary N) is 1. The number of hydrogen-bond donors (Lipinski definition) is 1. The molecule has 1 aromatic carbocycles. The fraction of sp³-hybridized carbons (Fsp3) is 0.500. The molecule has 0 aliphatic carbocycles. The van der Waals surface area contributed by atoms with Crippen molar-refractivity contribution in [2.24, 2.45) is 5.73 Å². The van der Waals surface area contributed by atoms with E-state index in [2.05, 4.69) is 13.0 Å². The van der Waals surface area contributed by atoms with Crippen LogP contribution in [0.25, 0.3) is 0 Å². The predicted molar refractivity (Wildman–Crippen MR) is 68.4 cm³/mol. The van der Waals surface area contributed by atoms with Gasteiger partial charge in [-0.15, -0.1) is 0 Å². The topological polar surface area (TPSA) is 59.0 Å². The first-order valence-electron chi connectivity index (χ1n) is 5.85. The fourth-order valence-corrected chi connectivity index (χ4v) is 1.42. The van der Waals surface area contributed by atoms with Crippen molar-refractivity contribution in [1.29, 1.82) is 5.26 Å². The van der Waals surface area contributed by atoms with Crippen LogP contribution in [-0.2, 0) is 11.3 Å². The van der Waals surface area contributed by atoms with Gasteiger partial charge in [0.15, 0.2) is 0 Å². The zero-order valence-electron chi connectivity index (χ0n) is 10.8. The van der Waals surface area contributed by atoms with Crippen molar-refractivity contribution < 1.29 is 4.74 Å². The average molecular weight is 232 g/mol. The lowest BCUT2D eigenvalue weighted by Gasteiger charge is -2.22. The molecule has 17 heavy (non-hydrogen) atoms. The summed E-state index contributed by atoms with van der Waals surface area (Å²) in [5.41, 5.74) is 8.61. The van der Waals surface area contributed by atoms with E-state index in [1.807, 2.05) is 32.0 Å². The highest BCUT2D eigenvalue weighted by molar-refractivity contribution is 5.37. The number of ether oxygens (including phenoxy) is 1. The Morgan fingerprint density at radius 3 is 2.71 bits per heavy atom. The van der Waals surface area contributed by atoms with Gasteiger partial charge in [0.1, 0.15) is 0 Å². The van der Waals surface area contributed by atoms with E-state index in [0.717, 1.165) is 17.5 Å². The average Bonchev–Trinajstić information content (AvgIpc) is 2.31. The number of nitriles is 1. The molecule has 2 N–H and O–H groups in total. The van der Waals surface area contributed by atoms with Crippen LogP contribution in [0.5, 0.6) is 0 Å². The minimum Gasteiger partial charge on any atom is -0.375 e. The highest BCUT2D eigenvalue weighted by atomic mass is 16.5. The summed E-state index contributed by atoms with van der Waals surface area (Å²) in [7, 11) is 0. The van der Waals surface area contributed by atoms with Crippen LogP contribution in [0.4, 0.5) is 0 Å². The van der Waals surface area contributed by atoms with Gasteiger partial charge in [-0.3, -0.25) is 0 Å². The molecule has 1 aromatic rings. The van der Waals surface area contributed by atoms with Crippen molar-refractivity contribution in [3.63, 3.8) is 0 Å². The van der Waals surface area contributed by atoms with Gasteiger partial charge in [-0.05, 0) is 43.5 Å². The minimum atomic E-state index is -0.263. The summed E-state index contributed by atoms with van der Waals surface area (Å²) >= 11 is 0. The molecule has 0 amide bonds. The van der Waals surface area contributed by atoms with Crippen LogP contribution in [0.3, 0.4) is 0 Å². The van der Waals surface area contributed by atoms with Crippen LogP contribution in [-0.4, -0.2) is 12.1 Å². The molecular weight excluding hydrogens is 212 g/mol. The van der Waals surface area contributed by atoms with Gasteiger partial charge in [0.25, 0.3) is 0 Å². The minimum absolute atomic E-state index is 0.263. The third-order valence-electron chi connectivity index (χ3n) is 2.97. The summed E-state index contributed by atoms with van der Waals surface area (Å²) in [5.74, 6) is 0. The first-order chi connectivity index (χ1) is 7.98. The van der Waals surface area contributed by atoms with Gasteiger partial charge in [-0.1, -0.05) is 13.0 Å². The molecule has 0 aromatic heterocycles. The molecule has 1 rings (SSSR count). The molecule has 3 nitrogen and oxygen atoms in total. The molecule has 0 fully saturated rings. The van der Waals surface area contributed by atoms with E-state index in [9.17, 15) is 0 Å². The molecule has 0 heterocycles. The first kappa shape index (κ1) is 13.7. The van der Waals surface area contributed by atoms with Crippen molar-refractivity contribution in [3.8, 4) is 6.07 Å². The van der Waals surface area contributed by atoms with Crippen LogP contribution in [0.2, 0.25) is 0 Å². The number of hydrogen-bond acceptors (Lipinski definition) is 3. The Morgan fingerprint density at radius 1 is 1.47 bits per heavy atom. The second kappa shape index (κ2) is 5.81. The molecular formula is C14H20N2O. The van der Waals surface area contributed by atoms with E-state index in [1.54, 1.807) is 0 Å². The normalized spacial score (nSPS) is 14.1. The number of benzene rings is 1. The number of aryl methyl sites for hydroxylation is 1. The van der Waals surface area contributed by atoms with E-state index in [-0.39, 0.29) is 5.54 Å². The molecule has 0 saturated heterocycles.